The van der Waals surface area contributed by atoms with Crippen LogP contribution in [0.25, 0.3) is 20.8 Å². The van der Waals surface area contributed by atoms with Crippen LogP contribution in [0.1, 0.15) is 33.6 Å². The number of hydrogen-bond acceptors (Lipinski definition) is 6. The fourth-order valence-corrected chi connectivity index (χ4v) is 5.57. The molecule has 0 atom stereocenters. The van der Waals surface area contributed by atoms with E-state index in [-0.39, 0.29) is 0 Å². The van der Waals surface area contributed by atoms with Crippen LogP contribution in [-0.4, -0.2) is 11.0 Å². The summed E-state index contributed by atoms with van der Waals surface area (Å²) in [6.07, 6.45) is 4.27. The van der Waals surface area contributed by atoms with Crippen molar-refractivity contribution in [2.45, 2.75) is 25.7 Å². The molecule has 0 spiro atoms. The molecule has 28 heavy (non-hydrogen) atoms. The van der Waals surface area contributed by atoms with Crippen LogP contribution in [0.5, 0.6) is 5.75 Å². The SMILES string of the molecule is Nc1c(C(=O)Oc2ccccc2)sc2nc(-c3cccs3)c3c(c12)CCCC3. The van der Waals surface area contributed by atoms with E-state index in [1.807, 2.05) is 24.3 Å². The van der Waals surface area contributed by atoms with E-state index in [1.165, 1.54) is 27.3 Å². The molecule has 0 unspecified atom stereocenters. The van der Waals surface area contributed by atoms with Gasteiger partial charge < -0.3 is 10.5 Å². The van der Waals surface area contributed by atoms with E-state index < -0.39 is 5.97 Å². The molecule has 1 aliphatic rings. The summed E-state index contributed by atoms with van der Waals surface area (Å²) in [5, 5.41) is 3.02. The molecule has 0 fully saturated rings. The van der Waals surface area contributed by atoms with Gasteiger partial charge in [-0.05, 0) is 60.4 Å². The predicted octanol–water partition coefficient (Wildman–Crippen LogP) is 5.71. The topological polar surface area (TPSA) is 65.2 Å². The van der Waals surface area contributed by atoms with Crippen molar-refractivity contribution in [1.82, 2.24) is 4.98 Å². The van der Waals surface area contributed by atoms with Gasteiger partial charge in [-0.1, -0.05) is 24.3 Å². The van der Waals surface area contributed by atoms with Gasteiger partial charge in [-0.3, -0.25) is 0 Å². The van der Waals surface area contributed by atoms with Crippen molar-refractivity contribution in [3.63, 3.8) is 0 Å². The third kappa shape index (κ3) is 2.89. The van der Waals surface area contributed by atoms with Crippen molar-refractivity contribution in [2.24, 2.45) is 0 Å². The maximum absolute atomic E-state index is 12.8. The van der Waals surface area contributed by atoms with E-state index in [1.54, 1.807) is 23.5 Å². The van der Waals surface area contributed by atoms with Gasteiger partial charge in [0, 0.05) is 5.39 Å². The number of ether oxygens (including phenoxy) is 1. The Bertz CT molecular complexity index is 1160. The standard InChI is InChI=1S/C22H18N2O2S2/c23-18-17-14-9-4-5-10-15(14)19(16-11-6-12-27-16)24-21(17)28-20(18)22(25)26-13-7-2-1-3-8-13/h1-3,6-8,11-12H,4-5,9-10,23H2. The zero-order chi connectivity index (χ0) is 19.1. The number of nitrogens with two attached hydrogens (primary N) is 1. The molecule has 0 radical (unpaired) electrons. The van der Waals surface area contributed by atoms with E-state index >= 15 is 0 Å². The Morgan fingerprint density at radius 2 is 1.82 bits per heavy atom. The zero-order valence-electron chi connectivity index (χ0n) is 15.1. The van der Waals surface area contributed by atoms with Gasteiger partial charge in [0.15, 0.2) is 0 Å². The lowest BCUT2D eigenvalue weighted by atomic mass is 9.88. The van der Waals surface area contributed by atoms with Crippen LogP contribution in [0.2, 0.25) is 0 Å². The number of carbonyl (C=O) groups is 1. The number of carbonyl (C=O) groups excluding carboxylic acids is 1. The summed E-state index contributed by atoms with van der Waals surface area (Å²) in [6, 6.07) is 13.2. The Labute approximate surface area is 170 Å². The van der Waals surface area contributed by atoms with Crippen LogP contribution < -0.4 is 10.5 Å². The Kier molecular flexibility index (Phi) is 4.37. The maximum Gasteiger partial charge on any atom is 0.355 e. The van der Waals surface area contributed by atoms with Crippen molar-refractivity contribution >= 4 is 44.5 Å². The molecule has 140 valence electrons. The fourth-order valence-electron chi connectivity index (χ4n) is 3.82. The predicted molar refractivity (Wildman–Crippen MR) is 115 cm³/mol. The number of para-hydroxylation sites is 1. The van der Waals surface area contributed by atoms with Crippen molar-refractivity contribution in [1.29, 1.82) is 0 Å². The average molecular weight is 407 g/mol. The van der Waals surface area contributed by atoms with Gasteiger partial charge in [0.1, 0.15) is 15.5 Å². The highest BCUT2D eigenvalue weighted by Gasteiger charge is 2.26. The first-order chi connectivity index (χ1) is 13.7. The molecule has 0 aliphatic heterocycles. The van der Waals surface area contributed by atoms with Crippen LogP contribution in [0.3, 0.4) is 0 Å². The van der Waals surface area contributed by atoms with E-state index in [2.05, 4.69) is 11.4 Å². The molecule has 3 aromatic heterocycles. The highest BCUT2D eigenvalue weighted by atomic mass is 32.1. The molecular weight excluding hydrogens is 388 g/mol. The van der Waals surface area contributed by atoms with Gasteiger partial charge in [0.05, 0.1) is 16.3 Å². The molecule has 1 aromatic carbocycles. The van der Waals surface area contributed by atoms with Crippen LogP contribution in [0, 0.1) is 0 Å². The number of pyridine rings is 1. The molecule has 0 saturated carbocycles. The van der Waals surface area contributed by atoms with E-state index in [0.29, 0.717) is 16.3 Å². The third-order valence-corrected chi connectivity index (χ3v) is 7.05. The van der Waals surface area contributed by atoms with Gasteiger partial charge in [-0.15, -0.1) is 22.7 Å². The van der Waals surface area contributed by atoms with Crippen molar-refractivity contribution in [3.8, 4) is 16.3 Å². The van der Waals surface area contributed by atoms with E-state index in [0.717, 1.165) is 41.6 Å². The Balaban J connectivity index is 1.65. The number of hydrogen-bond donors (Lipinski definition) is 1. The third-order valence-electron chi connectivity index (χ3n) is 5.09. The Morgan fingerprint density at radius 3 is 2.57 bits per heavy atom. The van der Waals surface area contributed by atoms with E-state index in [4.69, 9.17) is 15.5 Å². The van der Waals surface area contributed by atoms with Crippen molar-refractivity contribution in [3.05, 3.63) is 63.8 Å². The second kappa shape index (κ2) is 7.04. The summed E-state index contributed by atoms with van der Waals surface area (Å²) in [4.78, 5) is 20.1. The molecule has 4 nitrogen and oxygen atoms in total. The Hall–Kier alpha value is -2.70. The molecule has 0 amide bonds. The summed E-state index contributed by atoms with van der Waals surface area (Å²) in [5.41, 5.74) is 10.5. The molecule has 4 aromatic rings. The largest absolute Gasteiger partial charge is 0.422 e. The normalized spacial score (nSPS) is 13.4. The molecular formula is C22H18N2O2S2. The molecule has 0 bridgehead atoms. The van der Waals surface area contributed by atoms with Crippen LogP contribution >= 0.6 is 22.7 Å². The molecule has 6 heteroatoms. The zero-order valence-corrected chi connectivity index (χ0v) is 16.7. The second-order valence-corrected chi connectivity index (χ2v) is 8.78. The van der Waals surface area contributed by atoms with Crippen molar-refractivity contribution in [2.75, 3.05) is 5.73 Å². The van der Waals surface area contributed by atoms with Crippen LogP contribution in [0.15, 0.2) is 47.8 Å². The minimum Gasteiger partial charge on any atom is -0.422 e. The summed E-state index contributed by atoms with van der Waals surface area (Å²) >= 11 is 3.03. The number of fused-ring (bicyclic) bond motifs is 3. The number of aryl methyl sites for hydroxylation is 1. The first kappa shape index (κ1) is 17.4. The van der Waals surface area contributed by atoms with Crippen LogP contribution in [0.4, 0.5) is 5.69 Å². The number of aromatic nitrogens is 1. The number of rotatable bonds is 3. The first-order valence-electron chi connectivity index (χ1n) is 9.27. The molecule has 1 aliphatic carbocycles. The lowest BCUT2D eigenvalue weighted by molar-refractivity contribution is 0.0741. The highest BCUT2D eigenvalue weighted by molar-refractivity contribution is 7.21. The minimum absolute atomic E-state index is 0.422. The summed E-state index contributed by atoms with van der Waals surface area (Å²) in [7, 11) is 0. The fraction of sp³-hybridized carbons (Fsp3) is 0.182. The molecule has 5 rings (SSSR count). The monoisotopic (exact) mass is 406 g/mol. The number of thiophene rings is 2. The summed E-state index contributed by atoms with van der Waals surface area (Å²) < 4.78 is 5.52. The first-order valence-corrected chi connectivity index (χ1v) is 11.0. The second-order valence-electron chi connectivity index (χ2n) is 6.83. The van der Waals surface area contributed by atoms with E-state index in [9.17, 15) is 4.79 Å². The molecule has 3 heterocycles. The van der Waals surface area contributed by atoms with Crippen molar-refractivity contribution < 1.29 is 9.53 Å². The number of benzene rings is 1. The van der Waals surface area contributed by atoms with Gasteiger partial charge in [-0.25, -0.2) is 9.78 Å². The Morgan fingerprint density at radius 1 is 1.04 bits per heavy atom. The maximum atomic E-state index is 12.8. The number of nitrogens with zero attached hydrogens (tertiary/aromatic N) is 1. The lowest BCUT2D eigenvalue weighted by Crippen LogP contribution is -2.09. The minimum atomic E-state index is -0.422. The van der Waals surface area contributed by atoms with Gasteiger partial charge in [0.2, 0.25) is 0 Å². The highest BCUT2D eigenvalue weighted by Crippen LogP contribution is 2.43. The number of anilines is 1. The van der Waals surface area contributed by atoms with Gasteiger partial charge >= 0.3 is 5.97 Å². The summed E-state index contributed by atoms with van der Waals surface area (Å²) in [5.74, 6) is 0.0903. The lowest BCUT2D eigenvalue weighted by Gasteiger charge is -2.19. The number of nitrogen functional groups attached to an aromatic ring is 1. The average Bonchev–Trinajstić information content (AvgIpc) is 3.36. The summed E-state index contributed by atoms with van der Waals surface area (Å²) in [6.45, 7) is 0. The molecule has 2 N–H and O–H groups in total. The van der Waals surface area contributed by atoms with Crippen LogP contribution in [-0.2, 0) is 12.8 Å². The van der Waals surface area contributed by atoms with Gasteiger partial charge in [-0.2, -0.15) is 0 Å². The molecule has 0 saturated heterocycles. The smallest absolute Gasteiger partial charge is 0.355 e. The number of esters is 1. The van der Waals surface area contributed by atoms with Gasteiger partial charge in [0.25, 0.3) is 0 Å². The quantitative estimate of drug-likeness (QED) is 0.350.